The Labute approximate surface area is 190 Å². The Hall–Kier alpha value is -3.40. The molecule has 1 aliphatic heterocycles. The summed E-state index contributed by atoms with van der Waals surface area (Å²) in [5.41, 5.74) is 0.892. The lowest BCUT2D eigenvalue weighted by molar-refractivity contribution is -0.121. The Balaban J connectivity index is 1.47. The summed E-state index contributed by atoms with van der Waals surface area (Å²) in [4.78, 5) is 36.1. The number of hydrogen-bond donors (Lipinski definition) is 2. The van der Waals surface area contributed by atoms with E-state index in [0.29, 0.717) is 18.2 Å². The molecule has 32 heavy (non-hydrogen) atoms. The smallest absolute Gasteiger partial charge is 0.318 e. The Bertz CT molecular complexity index is 1050. The highest BCUT2D eigenvalue weighted by Crippen LogP contribution is 2.25. The summed E-state index contributed by atoms with van der Waals surface area (Å²) in [5.74, 6) is 1.08. The first-order valence-corrected chi connectivity index (χ1v) is 11.3. The normalized spacial score (nSPS) is 16.9. The van der Waals surface area contributed by atoms with Crippen molar-refractivity contribution in [2.75, 3.05) is 25.5 Å². The number of anilines is 1. The summed E-state index contributed by atoms with van der Waals surface area (Å²) in [6.07, 6.45) is 6.70. The molecule has 0 spiro atoms. The fourth-order valence-corrected chi connectivity index (χ4v) is 4.36. The largest absolute Gasteiger partial charge is 0.497 e. The molecule has 1 fully saturated rings. The van der Waals surface area contributed by atoms with E-state index in [2.05, 4.69) is 20.6 Å². The number of methoxy groups -OCH3 is 1. The summed E-state index contributed by atoms with van der Waals surface area (Å²) >= 11 is 1.38. The van der Waals surface area contributed by atoms with Crippen LogP contribution in [0.3, 0.4) is 0 Å². The second kappa shape index (κ2) is 9.82. The van der Waals surface area contributed by atoms with E-state index in [9.17, 15) is 9.59 Å². The highest BCUT2D eigenvalue weighted by atomic mass is 32.1. The number of benzene rings is 1. The van der Waals surface area contributed by atoms with Crippen molar-refractivity contribution in [1.82, 2.24) is 24.8 Å². The van der Waals surface area contributed by atoms with E-state index in [1.807, 2.05) is 47.5 Å². The predicted octanol–water partition coefficient (Wildman–Crippen LogP) is 3.03. The van der Waals surface area contributed by atoms with Crippen molar-refractivity contribution in [2.45, 2.75) is 18.9 Å². The average molecular weight is 455 g/mol. The molecular formula is C22H26N6O3S. The molecule has 0 bridgehead atoms. The highest BCUT2D eigenvalue weighted by molar-refractivity contribution is 7.13. The van der Waals surface area contributed by atoms with E-state index in [0.717, 1.165) is 30.0 Å². The minimum atomic E-state index is -0.432. The van der Waals surface area contributed by atoms with Crippen molar-refractivity contribution in [3.05, 3.63) is 59.6 Å². The molecule has 2 aromatic heterocycles. The Morgan fingerprint density at radius 3 is 2.69 bits per heavy atom. The molecule has 4 rings (SSSR count). The van der Waals surface area contributed by atoms with Crippen LogP contribution in [0.4, 0.5) is 9.93 Å². The molecule has 3 amide bonds. The van der Waals surface area contributed by atoms with Crippen molar-refractivity contribution >= 4 is 28.4 Å². The summed E-state index contributed by atoms with van der Waals surface area (Å²) < 4.78 is 7.14. The number of thiazole rings is 1. The number of aryl methyl sites for hydroxylation is 1. The number of hydrogen-bond acceptors (Lipinski definition) is 6. The van der Waals surface area contributed by atoms with Crippen LogP contribution in [0, 0.1) is 5.92 Å². The van der Waals surface area contributed by atoms with Crippen molar-refractivity contribution in [2.24, 2.45) is 13.0 Å². The molecule has 1 aliphatic rings. The van der Waals surface area contributed by atoms with Gasteiger partial charge in [-0.15, -0.1) is 11.3 Å². The molecule has 3 aromatic rings. The molecule has 2 unspecified atom stereocenters. The van der Waals surface area contributed by atoms with Crippen LogP contribution in [0.5, 0.6) is 5.75 Å². The molecule has 2 atom stereocenters. The predicted molar refractivity (Wildman–Crippen MR) is 122 cm³/mol. The molecule has 10 heteroatoms. The van der Waals surface area contributed by atoms with Crippen LogP contribution in [0.15, 0.2) is 48.2 Å². The van der Waals surface area contributed by atoms with Gasteiger partial charge in [-0.2, -0.15) is 0 Å². The second-order valence-electron chi connectivity index (χ2n) is 7.66. The second-order valence-corrected chi connectivity index (χ2v) is 8.56. The van der Waals surface area contributed by atoms with Gasteiger partial charge in [-0.1, -0.05) is 12.1 Å². The zero-order valence-electron chi connectivity index (χ0n) is 18.0. The number of carbonyl (C=O) groups is 2. The molecule has 1 aromatic carbocycles. The molecule has 0 radical (unpaired) electrons. The van der Waals surface area contributed by atoms with E-state index in [1.165, 1.54) is 11.3 Å². The van der Waals surface area contributed by atoms with Gasteiger partial charge >= 0.3 is 6.03 Å². The number of imidazole rings is 1. The zero-order chi connectivity index (χ0) is 22.5. The summed E-state index contributed by atoms with van der Waals surface area (Å²) in [5, 5.41) is 8.34. The number of rotatable bonds is 6. The number of nitrogens with zero attached hydrogens (tertiary/aromatic N) is 4. The maximum Gasteiger partial charge on any atom is 0.318 e. The molecule has 168 valence electrons. The molecule has 0 aliphatic carbocycles. The number of ether oxygens (including phenoxy) is 1. The summed E-state index contributed by atoms with van der Waals surface area (Å²) in [6, 6.07) is 6.89. The Kier molecular flexibility index (Phi) is 6.69. The molecule has 1 saturated heterocycles. The molecule has 9 nitrogen and oxygen atoms in total. The highest BCUT2D eigenvalue weighted by Gasteiger charge is 2.31. The van der Waals surface area contributed by atoms with Crippen LogP contribution in [0.2, 0.25) is 0 Å². The zero-order valence-corrected chi connectivity index (χ0v) is 18.8. The van der Waals surface area contributed by atoms with E-state index in [4.69, 9.17) is 4.74 Å². The Morgan fingerprint density at radius 1 is 1.22 bits per heavy atom. The monoisotopic (exact) mass is 454 g/mol. The van der Waals surface area contributed by atoms with Gasteiger partial charge in [0.1, 0.15) is 17.6 Å². The van der Waals surface area contributed by atoms with Gasteiger partial charge in [0.15, 0.2) is 5.13 Å². The van der Waals surface area contributed by atoms with Crippen LogP contribution in [-0.4, -0.2) is 51.6 Å². The standard InChI is InChI=1S/C22H26N6O3S/c1-27-12-9-23-19(27)18(15-5-7-17(31-2)8-6-15)25-22(30)28-11-3-4-16(14-28)20(29)26-21-24-10-13-32-21/h5-10,12-13,16,18H,3-4,11,14H2,1-2H3,(H,25,30)(H,24,26,29). The number of nitrogens with one attached hydrogen (secondary N) is 2. The number of amides is 3. The van der Waals surface area contributed by atoms with Gasteiger partial charge in [0.05, 0.1) is 13.0 Å². The Morgan fingerprint density at radius 2 is 2.03 bits per heavy atom. The maximum absolute atomic E-state index is 13.2. The van der Waals surface area contributed by atoms with Crippen LogP contribution in [0.25, 0.3) is 0 Å². The third-order valence-electron chi connectivity index (χ3n) is 5.58. The maximum atomic E-state index is 13.2. The van der Waals surface area contributed by atoms with E-state index >= 15 is 0 Å². The van der Waals surface area contributed by atoms with Gasteiger partial charge in [0, 0.05) is 44.1 Å². The van der Waals surface area contributed by atoms with Gasteiger partial charge < -0.3 is 24.8 Å². The van der Waals surface area contributed by atoms with Gasteiger partial charge in [-0.3, -0.25) is 4.79 Å². The first kappa shape index (κ1) is 21.8. The lowest BCUT2D eigenvalue weighted by Crippen LogP contribution is -2.49. The van der Waals surface area contributed by atoms with Crippen LogP contribution >= 0.6 is 11.3 Å². The van der Waals surface area contributed by atoms with Crippen LogP contribution in [-0.2, 0) is 11.8 Å². The molecule has 3 heterocycles. The van der Waals surface area contributed by atoms with E-state index < -0.39 is 6.04 Å². The first-order valence-electron chi connectivity index (χ1n) is 10.4. The first-order chi connectivity index (χ1) is 15.5. The van der Waals surface area contributed by atoms with Gasteiger partial charge in [0.25, 0.3) is 0 Å². The van der Waals surface area contributed by atoms with Gasteiger partial charge in [-0.05, 0) is 30.5 Å². The minimum Gasteiger partial charge on any atom is -0.497 e. The number of aromatic nitrogens is 3. The summed E-state index contributed by atoms with van der Waals surface area (Å²) in [7, 11) is 3.51. The number of urea groups is 1. The molecule has 0 saturated carbocycles. The van der Waals surface area contributed by atoms with Gasteiger partial charge in [0.2, 0.25) is 5.91 Å². The number of piperidine rings is 1. The summed E-state index contributed by atoms with van der Waals surface area (Å²) in [6.45, 7) is 0.960. The van der Waals surface area contributed by atoms with E-state index in [1.54, 1.807) is 24.4 Å². The van der Waals surface area contributed by atoms with Gasteiger partial charge in [-0.25, -0.2) is 14.8 Å². The van der Waals surface area contributed by atoms with Crippen LogP contribution in [0.1, 0.15) is 30.3 Å². The molecular weight excluding hydrogens is 428 g/mol. The molecule has 2 N–H and O–H groups in total. The third-order valence-corrected chi connectivity index (χ3v) is 6.26. The van der Waals surface area contributed by atoms with E-state index in [-0.39, 0.29) is 17.9 Å². The SMILES string of the molecule is COc1ccc(C(NC(=O)N2CCCC(C(=O)Nc3nccs3)C2)c2nccn2C)cc1. The fraction of sp³-hybridized carbons (Fsp3) is 0.364. The van der Waals surface area contributed by atoms with Crippen molar-refractivity contribution in [3.63, 3.8) is 0 Å². The third kappa shape index (κ3) is 4.91. The number of likely N-dealkylation sites (tertiary alicyclic amines) is 1. The lowest BCUT2D eigenvalue weighted by atomic mass is 9.97. The lowest BCUT2D eigenvalue weighted by Gasteiger charge is -2.33. The quantitative estimate of drug-likeness (QED) is 0.596. The van der Waals surface area contributed by atoms with Crippen molar-refractivity contribution in [3.8, 4) is 5.75 Å². The fourth-order valence-electron chi connectivity index (χ4n) is 3.83. The minimum absolute atomic E-state index is 0.103. The topological polar surface area (TPSA) is 101 Å². The van der Waals surface area contributed by atoms with Crippen molar-refractivity contribution < 1.29 is 14.3 Å². The van der Waals surface area contributed by atoms with Crippen molar-refractivity contribution in [1.29, 1.82) is 0 Å². The number of carbonyl (C=O) groups excluding carboxylic acids is 2. The van der Waals surface area contributed by atoms with Crippen LogP contribution < -0.4 is 15.4 Å². The average Bonchev–Trinajstić information content (AvgIpc) is 3.49.